The fourth-order valence-electron chi connectivity index (χ4n) is 4.11. The van der Waals surface area contributed by atoms with Crippen molar-refractivity contribution in [1.29, 1.82) is 0 Å². The number of ether oxygens (including phenoxy) is 2. The number of methoxy groups -OCH3 is 2. The van der Waals surface area contributed by atoms with Gasteiger partial charge in [-0.1, -0.05) is 48.0 Å². The highest BCUT2D eigenvalue weighted by molar-refractivity contribution is 7.92. The minimum absolute atomic E-state index is 0.0718. The summed E-state index contributed by atoms with van der Waals surface area (Å²) in [6.07, 6.45) is 0. The van der Waals surface area contributed by atoms with Gasteiger partial charge < -0.3 is 19.7 Å². The summed E-state index contributed by atoms with van der Waals surface area (Å²) < 4.78 is 39.6. The van der Waals surface area contributed by atoms with Crippen molar-refractivity contribution in [2.45, 2.75) is 51.2 Å². The number of rotatable bonds is 12. The molecule has 2 amide bonds. The molecule has 3 rings (SSSR count). The summed E-state index contributed by atoms with van der Waals surface area (Å²) in [6.45, 7) is 6.88. The quantitative estimate of drug-likeness (QED) is 0.353. The molecule has 0 saturated carbocycles. The van der Waals surface area contributed by atoms with Gasteiger partial charge in [-0.2, -0.15) is 0 Å². The van der Waals surface area contributed by atoms with E-state index in [9.17, 15) is 18.0 Å². The minimum Gasteiger partial charge on any atom is -0.493 e. The number of nitrogens with one attached hydrogen (secondary N) is 1. The molecule has 0 heterocycles. The molecule has 10 heteroatoms. The summed E-state index contributed by atoms with van der Waals surface area (Å²) in [4.78, 5) is 28.2. The Morgan fingerprint density at radius 3 is 2.08 bits per heavy atom. The largest absolute Gasteiger partial charge is 0.493 e. The van der Waals surface area contributed by atoms with Crippen LogP contribution in [0.25, 0.3) is 0 Å². The van der Waals surface area contributed by atoms with Gasteiger partial charge in [-0.25, -0.2) is 8.42 Å². The molecule has 0 aliphatic heterocycles. The molecule has 9 nitrogen and oxygen atoms in total. The van der Waals surface area contributed by atoms with Crippen molar-refractivity contribution in [1.82, 2.24) is 10.2 Å². The second-order valence-corrected chi connectivity index (χ2v) is 11.6. The van der Waals surface area contributed by atoms with Crippen LogP contribution in [0.2, 0.25) is 0 Å². The van der Waals surface area contributed by atoms with Gasteiger partial charge in [0.25, 0.3) is 10.0 Å². The molecule has 3 aromatic rings. The summed E-state index contributed by atoms with van der Waals surface area (Å²) in [6, 6.07) is 19.3. The van der Waals surface area contributed by atoms with Gasteiger partial charge in [0.15, 0.2) is 11.5 Å². The SMILES string of the molecule is COc1ccc(S(=O)(=O)N(CC(=O)N(Cc2ccc(C)cc2)C(C)C(=O)NC(C)C)c2ccccc2)cc1OC. The Morgan fingerprint density at radius 1 is 0.875 bits per heavy atom. The van der Waals surface area contributed by atoms with E-state index < -0.39 is 28.5 Å². The van der Waals surface area contributed by atoms with E-state index >= 15 is 0 Å². The molecule has 40 heavy (non-hydrogen) atoms. The van der Waals surface area contributed by atoms with Crippen LogP contribution in [-0.4, -0.2) is 58.0 Å². The van der Waals surface area contributed by atoms with Crippen molar-refractivity contribution in [2.24, 2.45) is 0 Å². The lowest BCUT2D eigenvalue weighted by molar-refractivity contribution is -0.139. The average molecular weight is 568 g/mol. The minimum atomic E-state index is -4.23. The van der Waals surface area contributed by atoms with E-state index in [1.54, 1.807) is 37.3 Å². The maximum Gasteiger partial charge on any atom is 0.264 e. The molecule has 0 radical (unpaired) electrons. The standard InChI is InChI=1S/C30H37N3O6S/c1-21(2)31-30(35)23(4)32(19-24-14-12-22(3)13-15-24)29(34)20-33(25-10-8-7-9-11-25)40(36,37)26-16-17-27(38-5)28(18-26)39-6/h7-18,21,23H,19-20H2,1-6H3,(H,31,35). The zero-order chi connectivity index (χ0) is 29.4. The Balaban J connectivity index is 2.04. The predicted octanol–water partition coefficient (Wildman–Crippen LogP) is 4.15. The van der Waals surface area contributed by atoms with Gasteiger partial charge in [0.1, 0.15) is 12.6 Å². The van der Waals surface area contributed by atoms with Crippen LogP contribution >= 0.6 is 0 Å². The van der Waals surface area contributed by atoms with Crippen LogP contribution in [0.5, 0.6) is 11.5 Å². The zero-order valence-electron chi connectivity index (χ0n) is 23.7. The lowest BCUT2D eigenvalue weighted by Gasteiger charge is -2.32. The summed E-state index contributed by atoms with van der Waals surface area (Å²) >= 11 is 0. The third kappa shape index (κ3) is 7.32. The molecule has 0 aliphatic rings. The van der Waals surface area contributed by atoms with Gasteiger partial charge in [-0.15, -0.1) is 0 Å². The number of aryl methyl sites for hydroxylation is 1. The first-order valence-electron chi connectivity index (χ1n) is 12.9. The molecule has 1 atom stereocenters. The van der Waals surface area contributed by atoms with E-state index in [1.165, 1.54) is 37.3 Å². The van der Waals surface area contributed by atoms with Crippen molar-refractivity contribution < 1.29 is 27.5 Å². The molecule has 0 aliphatic carbocycles. The third-order valence-electron chi connectivity index (χ3n) is 6.34. The molecule has 0 aromatic heterocycles. The Hall–Kier alpha value is -4.05. The van der Waals surface area contributed by atoms with Crippen LogP contribution in [-0.2, 0) is 26.2 Å². The van der Waals surface area contributed by atoms with Crippen LogP contribution in [0.3, 0.4) is 0 Å². The molecule has 0 spiro atoms. The van der Waals surface area contributed by atoms with Crippen molar-refractivity contribution in [2.75, 3.05) is 25.1 Å². The number of hydrogen-bond acceptors (Lipinski definition) is 6. The zero-order valence-corrected chi connectivity index (χ0v) is 24.6. The van der Waals surface area contributed by atoms with Gasteiger partial charge >= 0.3 is 0 Å². The smallest absolute Gasteiger partial charge is 0.264 e. The van der Waals surface area contributed by atoms with Gasteiger partial charge in [-0.3, -0.25) is 13.9 Å². The number of carbonyl (C=O) groups excluding carboxylic acids is 2. The van der Waals surface area contributed by atoms with Crippen molar-refractivity contribution in [3.63, 3.8) is 0 Å². The van der Waals surface area contributed by atoms with Crippen molar-refractivity contribution in [3.8, 4) is 11.5 Å². The highest BCUT2D eigenvalue weighted by Gasteiger charge is 2.33. The number of carbonyl (C=O) groups is 2. The number of benzene rings is 3. The van der Waals surface area contributed by atoms with Crippen molar-refractivity contribution >= 4 is 27.5 Å². The summed E-state index contributed by atoms with van der Waals surface area (Å²) in [5.41, 5.74) is 2.18. The third-order valence-corrected chi connectivity index (χ3v) is 8.11. The van der Waals surface area contributed by atoms with Crippen LogP contribution in [0.4, 0.5) is 5.69 Å². The van der Waals surface area contributed by atoms with E-state index in [-0.39, 0.29) is 29.1 Å². The number of sulfonamides is 1. The number of hydrogen-bond donors (Lipinski definition) is 1. The van der Waals surface area contributed by atoms with Crippen LogP contribution in [0.1, 0.15) is 31.9 Å². The lowest BCUT2D eigenvalue weighted by atomic mass is 10.1. The lowest BCUT2D eigenvalue weighted by Crippen LogP contribution is -2.52. The second kappa shape index (κ2) is 13.3. The van der Waals surface area contributed by atoms with Gasteiger partial charge in [0, 0.05) is 18.7 Å². The van der Waals surface area contributed by atoms with Crippen LogP contribution in [0, 0.1) is 6.92 Å². The topological polar surface area (TPSA) is 105 Å². The van der Waals surface area contributed by atoms with E-state index in [4.69, 9.17) is 9.47 Å². The van der Waals surface area contributed by atoms with Gasteiger partial charge in [0.2, 0.25) is 11.8 Å². The molecule has 0 bridgehead atoms. The Labute approximate surface area is 236 Å². The molecule has 3 aromatic carbocycles. The highest BCUT2D eigenvalue weighted by atomic mass is 32.2. The molecule has 1 unspecified atom stereocenters. The van der Waals surface area contributed by atoms with Crippen LogP contribution in [0.15, 0.2) is 77.7 Å². The first kappa shape index (κ1) is 30.5. The summed E-state index contributed by atoms with van der Waals surface area (Å²) in [7, 11) is -1.36. The fraction of sp³-hybridized carbons (Fsp3) is 0.333. The molecule has 0 fully saturated rings. The normalized spacial score (nSPS) is 12.0. The summed E-state index contributed by atoms with van der Waals surface area (Å²) in [5.74, 6) is -0.245. The monoisotopic (exact) mass is 567 g/mol. The molecule has 1 N–H and O–H groups in total. The molecular weight excluding hydrogens is 530 g/mol. The first-order chi connectivity index (χ1) is 19.0. The van der Waals surface area contributed by atoms with Gasteiger partial charge in [0.05, 0.1) is 24.8 Å². The Kier molecular flexibility index (Phi) is 10.2. The van der Waals surface area contributed by atoms with Crippen molar-refractivity contribution in [3.05, 3.63) is 83.9 Å². The van der Waals surface area contributed by atoms with Crippen LogP contribution < -0.4 is 19.1 Å². The van der Waals surface area contributed by atoms with E-state index in [0.717, 1.165) is 15.4 Å². The maximum atomic E-state index is 14.0. The Bertz CT molecular complexity index is 1410. The number of para-hydroxylation sites is 1. The first-order valence-corrected chi connectivity index (χ1v) is 14.4. The Morgan fingerprint density at radius 2 is 1.50 bits per heavy atom. The molecular formula is C30H37N3O6S. The average Bonchev–Trinajstić information content (AvgIpc) is 2.94. The van der Waals surface area contributed by atoms with Gasteiger partial charge in [-0.05, 0) is 57.5 Å². The number of nitrogens with zero attached hydrogens (tertiary/aromatic N) is 2. The second-order valence-electron chi connectivity index (χ2n) is 9.71. The molecule has 214 valence electrons. The van der Waals surface area contributed by atoms with E-state index in [0.29, 0.717) is 11.4 Å². The van der Waals surface area contributed by atoms with E-state index in [2.05, 4.69) is 5.32 Å². The number of anilines is 1. The van der Waals surface area contributed by atoms with E-state index in [1.807, 2.05) is 45.0 Å². The summed E-state index contributed by atoms with van der Waals surface area (Å²) in [5, 5.41) is 2.85. The predicted molar refractivity (Wildman–Crippen MR) is 155 cm³/mol. The molecule has 0 saturated heterocycles. The highest BCUT2D eigenvalue weighted by Crippen LogP contribution is 2.32. The maximum absolute atomic E-state index is 14.0. The fourth-order valence-corrected chi connectivity index (χ4v) is 5.54. The number of amides is 2.